The lowest BCUT2D eigenvalue weighted by molar-refractivity contribution is 0.0757. The first-order valence-corrected chi connectivity index (χ1v) is 8.70. The monoisotopic (exact) mass is 359 g/mol. The molecule has 5 nitrogen and oxygen atoms in total. The summed E-state index contributed by atoms with van der Waals surface area (Å²) in [6.45, 7) is 5.77. The molecule has 0 saturated carbocycles. The molecular formula is C19H22ClN3O2. The molecule has 25 heavy (non-hydrogen) atoms. The summed E-state index contributed by atoms with van der Waals surface area (Å²) in [6, 6.07) is 15.2. The number of morpholine rings is 1. The molecule has 2 atom stereocenters. The summed E-state index contributed by atoms with van der Waals surface area (Å²) in [5.74, 6) is 0. The molecular weight excluding hydrogens is 338 g/mol. The van der Waals surface area contributed by atoms with Gasteiger partial charge in [-0.2, -0.15) is 0 Å². The third kappa shape index (κ3) is 4.44. The van der Waals surface area contributed by atoms with E-state index in [4.69, 9.17) is 16.3 Å². The third-order valence-corrected chi connectivity index (χ3v) is 4.45. The summed E-state index contributed by atoms with van der Waals surface area (Å²) in [7, 11) is 0. The van der Waals surface area contributed by atoms with Gasteiger partial charge in [0.25, 0.3) is 0 Å². The smallest absolute Gasteiger partial charge is 0.323 e. The van der Waals surface area contributed by atoms with Gasteiger partial charge in [0.2, 0.25) is 0 Å². The molecule has 1 aliphatic heterocycles. The Hall–Kier alpha value is -2.24. The molecule has 2 N–H and O–H groups in total. The molecule has 3 rings (SSSR count). The second-order valence-electron chi connectivity index (χ2n) is 6.28. The van der Waals surface area contributed by atoms with E-state index in [9.17, 15) is 4.79 Å². The number of nitrogens with zero attached hydrogens (tertiary/aromatic N) is 1. The fraction of sp³-hybridized carbons (Fsp3) is 0.316. The SMILES string of the molecule is CC1COCC(C)N1c1ccc(NC(=O)Nc2ccc(Cl)cc2)cc1. The summed E-state index contributed by atoms with van der Waals surface area (Å²) in [5.41, 5.74) is 2.56. The van der Waals surface area contributed by atoms with Gasteiger partial charge in [-0.05, 0) is 62.4 Å². The minimum absolute atomic E-state index is 0.289. The van der Waals surface area contributed by atoms with Crippen LogP contribution in [-0.2, 0) is 4.74 Å². The molecule has 0 aromatic heterocycles. The van der Waals surface area contributed by atoms with E-state index in [0.29, 0.717) is 22.8 Å². The van der Waals surface area contributed by atoms with Crippen LogP contribution in [-0.4, -0.2) is 31.3 Å². The van der Waals surface area contributed by atoms with Crippen LogP contribution in [0.25, 0.3) is 0 Å². The maximum atomic E-state index is 12.1. The minimum atomic E-state index is -0.289. The normalized spacial score (nSPS) is 20.2. The highest BCUT2D eigenvalue weighted by atomic mass is 35.5. The van der Waals surface area contributed by atoms with Crippen molar-refractivity contribution in [3.05, 3.63) is 53.6 Å². The molecule has 1 aliphatic rings. The second-order valence-corrected chi connectivity index (χ2v) is 6.71. The third-order valence-electron chi connectivity index (χ3n) is 4.19. The zero-order chi connectivity index (χ0) is 17.8. The van der Waals surface area contributed by atoms with Crippen molar-refractivity contribution in [3.8, 4) is 0 Å². The predicted octanol–water partition coefficient (Wildman–Crippen LogP) is 4.60. The first-order valence-electron chi connectivity index (χ1n) is 8.32. The van der Waals surface area contributed by atoms with E-state index in [1.165, 1.54) is 0 Å². The molecule has 2 unspecified atom stereocenters. The lowest BCUT2D eigenvalue weighted by Crippen LogP contribution is -2.49. The fourth-order valence-corrected chi connectivity index (χ4v) is 3.18. The molecule has 1 heterocycles. The van der Waals surface area contributed by atoms with Gasteiger partial charge in [-0.15, -0.1) is 0 Å². The number of halogens is 1. The van der Waals surface area contributed by atoms with E-state index >= 15 is 0 Å². The Morgan fingerprint density at radius 2 is 1.44 bits per heavy atom. The topological polar surface area (TPSA) is 53.6 Å². The molecule has 0 aliphatic carbocycles. The quantitative estimate of drug-likeness (QED) is 0.842. The molecule has 1 fully saturated rings. The maximum absolute atomic E-state index is 12.1. The summed E-state index contributed by atoms with van der Waals surface area (Å²) in [4.78, 5) is 14.4. The minimum Gasteiger partial charge on any atom is -0.377 e. The van der Waals surface area contributed by atoms with Crippen molar-refractivity contribution in [2.45, 2.75) is 25.9 Å². The zero-order valence-electron chi connectivity index (χ0n) is 14.3. The Bertz CT molecular complexity index is 708. The lowest BCUT2D eigenvalue weighted by Gasteiger charge is -2.40. The summed E-state index contributed by atoms with van der Waals surface area (Å²) in [5, 5.41) is 6.24. The van der Waals surface area contributed by atoms with Crippen LogP contribution < -0.4 is 15.5 Å². The molecule has 1 saturated heterocycles. The van der Waals surface area contributed by atoms with Gasteiger partial charge in [0.15, 0.2) is 0 Å². The number of benzene rings is 2. The standard InChI is InChI=1S/C19H22ClN3O2/c1-13-11-25-12-14(2)23(13)18-9-7-17(8-10-18)22-19(24)21-16-5-3-15(20)4-6-16/h3-10,13-14H,11-12H2,1-2H3,(H2,21,22,24). The number of anilines is 3. The average molecular weight is 360 g/mol. The van der Waals surface area contributed by atoms with E-state index in [2.05, 4.69) is 29.4 Å². The maximum Gasteiger partial charge on any atom is 0.323 e. The van der Waals surface area contributed by atoms with Crippen LogP contribution in [0.5, 0.6) is 0 Å². The first-order chi connectivity index (χ1) is 12.0. The highest BCUT2D eigenvalue weighted by Gasteiger charge is 2.25. The molecule has 132 valence electrons. The number of hydrogen-bond acceptors (Lipinski definition) is 3. The fourth-order valence-electron chi connectivity index (χ4n) is 3.06. The Labute approximate surface area is 152 Å². The van der Waals surface area contributed by atoms with E-state index in [0.717, 1.165) is 24.6 Å². The highest BCUT2D eigenvalue weighted by Crippen LogP contribution is 2.25. The van der Waals surface area contributed by atoms with Crippen molar-refractivity contribution >= 4 is 34.7 Å². The number of carbonyl (C=O) groups is 1. The van der Waals surface area contributed by atoms with Crippen molar-refractivity contribution in [2.24, 2.45) is 0 Å². The van der Waals surface area contributed by atoms with Crippen LogP contribution in [0.2, 0.25) is 5.02 Å². The van der Waals surface area contributed by atoms with Crippen LogP contribution >= 0.6 is 11.6 Å². The van der Waals surface area contributed by atoms with Gasteiger partial charge in [0.1, 0.15) is 0 Å². The number of carbonyl (C=O) groups excluding carboxylic acids is 1. The van der Waals surface area contributed by atoms with E-state index in [-0.39, 0.29) is 6.03 Å². The van der Waals surface area contributed by atoms with Crippen molar-refractivity contribution < 1.29 is 9.53 Å². The molecule has 2 aromatic rings. The van der Waals surface area contributed by atoms with E-state index in [1.807, 2.05) is 24.3 Å². The molecule has 2 amide bonds. The Morgan fingerprint density at radius 3 is 1.96 bits per heavy atom. The molecule has 0 radical (unpaired) electrons. The van der Waals surface area contributed by atoms with Crippen LogP contribution in [0.1, 0.15) is 13.8 Å². The molecule has 6 heteroatoms. The summed E-state index contributed by atoms with van der Waals surface area (Å²) in [6.07, 6.45) is 0. The van der Waals surface area contributed by atoms with Crippen molar-refractivity contribution in [2.75, 3.05) is 28.7 Å². The van der Waals surface area contributed by atoms with Gasteiger partial charge in [0.05, 0.1) is 13.2 Å². The van der Waals surface area contributed by atoms with Gasteiger partial charge < -0.3 is 20.3 Å². The molecule has 0 bridgehead atoms. The van der Waals surface area contributed by atoms with Gasteiger partial charge in [-0.3, -0.25) is 0 Å². The largest absolute Gasteiger partial charge is 0.377 e. The lowest BCUT2D eigenvalue weighted by atomic mass is 10.1. The van der Waals surface area contributed by atoms with Crippen LogP contribution in [0.4, 0.5) is 21.9 Å². The summed E-state index contributed by atoms with van der Waals surface area (Å²) >= 11 is 5.84. The second kappa shape index (κ2) is 7.76. The van der Waals surface area contributed by atoms with Crippen LogP contribution in [0.15, 0.2) is 48.5 Å². The van der Waals surface area contributed by atoms with Gasteiger partial charge in [0, 0.05) is 34.2 Å². The number of nitrogens with one attached hydrogen (secondary N) is 2. The van der Waals surface area contributed by atoms with Crippen LogP contribution in [0, 0.1) is 0 Å². The Kier molecular flexibility index (Phi) is 5.46. The molecule has 0 spiro atoms. The number of amides is 2. The number of urea groups is 1. The zero-order valence-corrected chi connectivity index (χ0v) is 15.1. The summed E-state index contributed by atoms with van der Waals surface area (Å²) < 4.78 is 5.57. The number of rotatable bonds is 3. The number of ether oxygens (including phenoxy) is 1. The van der Waals surface area contributed by atoms with Gasteiger partial charge in [-0.1, -0.05) is 11.6 Å². The van der Waals surface area contributed by atoms with Gasteiger partial charge >= 0.3 is 6.03 Å². The van der Waals surface area contributed by atoms with Crippen molar-refractivity contribution in [3.63, 3.8) is 0 Å². The van der Waals surface area contributed by atoms with Crippen molar-refractivity contribution in [1.82, 2.24) is 0 Å². The van der Waals surface area contributed by atoms with Crippen molar-refractivity contribution in [1.29, 1.82) is 0 Å². The van der Waals surface area contributed by atoms with Crippen LogP contribution in [0.3, 0.4) is 0 Å². The Morgan fingerprint density at radius 1 is 0.960 bits per heavy atom. The Balaban J connectivity index is 1.62. The van der Waals surface area contributed by atoms with E-state index in [1.54, 1.807) is 24.3 Å². The molecule has 2 aromatic carbocycles. The van der Waals surface area contributed by atoms with E-state index < -0.39 is 0 Å². The number of hydrogen-bond donors (Lipinski definition) is 2. The highest BCUT2D eigenvalue weighted by molar-refractivity contribution is 6.30. The predicted molar refractivity (Wildman–Crippen MR) is 103 cm³/mol. The first kappa shape index (κ1) is 17.6. The van der Waals surface area contributed by atoms with Gasteiger partial charge in [-0.25, -0.2) is 4.79 Å². The average Bonchev–Trinajstić information content (AvgIpc) is 2.58.